The van der Waals surface area contributed by atoms with Crippen LogP contribution in [0, 0.1) is 6.92 Å². The van der Waals surface area contributed by atoms with Crippen LogP contribution in [-0.2, 0) is 10.0 Å². The minimum absolute atomic E-state index is 0.386. The molecule has 0 saturated carbocycles. The van der Waals surface area contributed by atoms with Gasteiger partial charge < -0.3 is 0 Å². The fraction of sp³-hybridized carbons (Fsp3) is 0.500. The Morgan fingerprint density at radius 3 is 2.41 bits per heavy atom. The molecular formula is C12H16BrNO2S. The Morgan fingerprint density at radius 1 is 1.18 bits per heavy atom. The highest BCUT2D eigenvalue weighted by molar-refractivity contribution is 9.10. The average molecular weight is 318 g/mol. The topological polar surface area (TPSA) is 37.4 Å². The summed E-state index contributed by atoms with van der Waals surface area (Å²) in [4.78, 5) is 0.386. The second kappa shape index (κ2) is 5.08. The van der Waals surface area contributed by atoms with E-state index in [4.69, 9.17) is 0 Å². The van der Waals surface area contributed by atoms with E-state index in [1.165, 1.54) is 0 Å². The minimum atomic E-state index is -3.30. The molecule has 3 nitrogen and oxygen atoms in total. The second-order valence-electron chi connectivity index (χ2n) is 4.38. The summed E-state index contributed by atoms with van der Waals surface area (Å²) in [6, 6.07) is 5.21. The van der Waals surface area contributed by atoms with Crippen molar-refractivity contribution in [3.63, 3.8) is 0 Å². The Bertz CT molecular complexity index is 507. The van der Waals surface area contributed by atoms with E-state index >= 15 is 0 Å². The number of nitrogens with zero attached hydrogens (tertiary/aromatic N) is 1. The van der Waals surface area contributed by atoms with Crippen molar-refractivity contribution in [3.05, 3.63) is 28.2 Å². The molecule has 1 aromatic rings. The van der Waals surface area contributed by atoms with E-state index in [-0.39, 0.29) is 0 Å². The van der Waals surface area contributed by atoms with E-state index in [1.807, 2.05) is 13.0 Å². The SMILES string of the molecule is Cc1ccc(S(=O)(=O)N2CCCCC2)cc1Br. The Hall–Kier alpha value is -0.390. The smallest absolute Gasteiger partial charge is 0.207 e. The number of piperidine rings is 1. The summed E-state index contributed by atoms with van der Waals surface area (Å²) in [6.45, 7) is 3.24. The maximum Gasteiger partial charge on any atom is 0.243 e. The molecule has 94 valence electrons. The summed E-state index contributed by atoms with van der Waals surface area (Å²) >= 11 is 3.38. The lowest BCUT2D eigenvalue weighted by Crippen LogP contribution is -2.35. The number of aryl methyl sites for hydroxylation is 1. The van der Waals surface area contributed by atoms with Gasteiger partial charge in [0.1, 0.15) is 0 Å². The van der Waals surface area contributed by atoms with Gasteiger partial charge in [-0.2, -0.15) is 4.31 Å². The zero-order valence-corrected chi connectivity index (χ0v) is 12.2. The molecule has 1 fully saturated rings. The van der Waals surface area contributed by atoms with Crippen molar-refractivity contribution in [1.29, 1.82) is 0 Å². The van der Waals surface area contributed by atoms with E-state index in [9.17, 15) is 8.42 Å². The van der Waals surface area contributed by atoms with Crippen LogP contribution in [0.15, 0.2) is 27.6 Å². The molecule has 1 saturated heterocycles. The maximum atomic E-state index is 12.4. The quantitative estimate of drug-likeness (QED) is 0.841. The third-order valence-corrected chi connectivity index (χ3v) is 5.85. The molecule has 1 heterocycles. The lowest BCUT2D eigenvalue weighted by atomic mass is 10.2. The zero-order chi connectivity index (χ0) is 12.5. The molecule has 0 radical (unpaired) electrons. The van der Waals surface area contributed by atoms with Gasteiger partial charge in [0.15, 0.2) is 0 Å². The van der Waals surface area contributed by atoms with Crippen LogP contribution in [0.2, 0.25) is 0 Å². The Morgan fingerprint density at radius 2 is 1.82 bits per heavy atom. The number of halogens is 1. The first-order chi connectivity index (χ1) is 8.01. The van der Waals surface area contributed by atoms with Crippen molar-refractivity contribution in [2.24, 2.45) is 0 Å². The van der Waals surface area contributed by atoms with Crippen LogP contribution in [0.4, 0.5) is 0 Å². The number of hydrogen-bond acceptors (Lipinski definition) is 2. The third-order valence-electron chi connectivity index (χ3n) is 3.10. The zero-order valence-electron chi connectivity index (χ0n) is 9.82. The highest BCUT2D eigenvalue weighted by Gasteiger charge is 2.25. The van der Waals surface area contributed by atoms with Crippen LogP contribution >= 0.6 is 15.9 Å². The molecule has 0 atom stereocenters. The van der Waals surface area contributed by atoms with Gasteiger partial charge in [-0.3, -0.25) is 0 Å². The standard InChI is InChI=1S/C12H16BrNO2S/c1-10-5-6-11(9-12(10)13)17(15,16)14-7-3-2-4-8-14/h5-6,9H,2-4,7-8H2,1H3. The first kappa shape index (κ1) is 13.1. The van der Waals surface area contributed by atoms with Gasteiger partial charge in [0.05, 0.1) is 4.90 Å². The number of sulfonamides is 1. The number of hydrogen-bond donors (Lipinski definition) is 0. The number of rotatable bonds is 2. The molecule has 0 unspecified atom stereocenters. The normalized spacial score (nSPS) is 18.2. The Kier molecular flexibility index (Phi) is 3.90. The summed E-state index contributed by atoms with van der Waals surface area (Å²) in [5.74, 6) is 0. The first-order valence-electron chi connectivity index (χ1n) is 5.78. The van der Waals surface area contributed by atoms with E-state index in [1.54, 1.807) is 16.4 Å². The van der Waals surface area contributed by atoms with Gasteiger partial charge >= 0.3 is 0 Å². The molecular weight excluding hydrogens is 302 g/mol. The van der Waals surface area contributed by atoms with E-state index < -0.39 is 10.0 Å². The predicted molar refractivity (Wildman–Crippen MR) is 71.5 cm³/mol. The number of benzene rings is 1. The molecule has 2 rings (SSSR count). The second-order valence-corrected chi connectivity index (χ2v) is 7.17. The van der Waals surface area contributed by atoms with Gasteiger partial charge in [-0.05, 0) is 37.5 Å². The summed E-state index contributed by atoms with van der Waals surface area (Å²) in [5, 5.41) is 0. The van der Waals surface area contributed by atoms with Gasteiger partial charge in [0, 0.05) is 17.6 Å². The molecule has 0 N–H and O–H groups in total. The fourth-order valence-electron chi connectivity index (χ4n) is 1.99. The van der Waals surface area contributed by atoms with Crippen molar-refractivity contribution >= 4 is 26.0 Å². The molecule has 0 amide bonds. The molecule has 1 aliphatic heterocycles. The van der Waals surface area contributed by atoms with Crippen LogP contribution in [-0.4, -0.2) is 25.8 Å². The van der Waals surface area contributed by atoms with Crippen LogP contribution < -0.4 is 0 Å². The first-order valence-corrected chi connectivity index (χ1v) is 8.01. The molecule has 17 heavy (non-hydrogen) atoms. The van der Waals surface area contributed by atoms with Crippen molar-refractivity contribution < 1.29 is 8.42 Å². The molecule has 0 spiro atoms. The van der Waals surface area contributed by atoms with Gasteiger partial charge in [-0.25, -0.2) is 8.42 Å². The Labute approximate surface area is 111 Å². The lowest BCUT2D eigenvalue weighted by molar-refractivity contribution is 0.346. The molecule has 0 bridgehead atoms. The predicted octanol–water partition coefficient (Wildman–Crippen LogP) is 2.93. The molecule has 0 aromatic heterocycles. The fourth-order valence-corrected chi connectivity index (χ4v) is 4.06. The molecule has 1 aliphatic rings. The molecule has 0 aliphatic carbocycles. The minimum Gasteiger partial charge on any atom is -0.207 e. The van der Waals surface area contributed by atoms with Crippen molar-refractivity contribution in [1.82, 2.24) is 4.31 Å². The van der Waals surface area contributed by atoms with Gasteiger partial charge in [0.25, 0.3) is 0 Å². The van der Waals surface area contributed by atoms with Gasteiger partial charge in [-0.1, -0.05) is 28.4 Å². The average Bonchev–Trinajstić information content (AvgIpc) is 2.33. The third kappa shape index (κ3) is 2.72. The van der Waals surface area contributed by atoms with Crippen LogP contribution in [0.5, 0.6) is 0 Å². The van der Waals surface area contributed by atoms with Crippen LogP contribution in [0.1, 0.15) is 24.8 Å². The summed E-state index contributed by atoms with van der Waals surface area (Å²) in [6.07, 6.45) is 3.06. The van der Waals surface area contributed by atoms with Gasteiger partial charge in [-0.15, -0.1) is 0 Å². The van der Waals surface area contributed by atoms with E-state index in [0.717, 1.165) is 29.3 Å². The summed E-state index contributed by atoms with van der Waals surface area (Å²) in [5.41, 5.74) is 1.04. The largest absolute Gasteiger partial charge is 0.243 e. The monoisotopic (exact) mass is 317 g/mol. The maximum absolute atomic E-state index is 12.4. The molecule has 5 heteroatoms. The van der Waals surface area contributed by atoms with E-state index in [2.05, 4.69) is 15.9 Å². The highest BCUT2D eigenvalue weighted by Crippen LogP contribution is 2.25. The Balaban J connectivity index is 2.33. The van der Waals surface area contributed by atoms with E-state index in [0.29, 0.717) is 18.0 Å². The lowest BCUT2D eigenvalue weighted by Gasteiger charge is -2.26. The van der Waals surface area contributed by atoms with Crippen LogP contribution in [0.3, 0.4) is 0 Å². The van der Waals surface area contributed by atoms with Crippen molar-refractivity contribution in [2.75, 3.05) is 13.1 Å². The van der Waals surface area contributed by atoms with Crippen molar-refractivity contribution in [3.8, 4) is 0 Å². The van der Waals surface area contributed by atoms with Crippen LogP contribution in [0.25, 0.3) is 0 Å². The van der Waals surface area contributed by atoms with Gasteiger partial charge in [0.2, 0.25) is 10.0 Å². The summed E-state index contributed by atoms with van der Waals surface area (Å²) in [7, 11) is -3.30. The van der Waals surface area contributed by atoms with Crippen molar-refractivity contribution in [2.45, 2.75) is 31.1 Å². The highest BCUT2D eigenvalue weighted by atomic mass is 79.9. The molecule has 1 aromatic carbocycles. The summed E-state index contributed by atoms with van der Waals surface area (Å²) < 4.78 is 27.1.